The largest absolute Gasteiger partial charge is 0.485 e. The smallest absolute Gasteiger partial charge is 0.460 e. The van der Waals surface area contributed by atoms with Crippen molar-refractivity contribution in [2.24, 2.45) is 0 Å². The van der Waals surface area contributed by atoms with Crippen molar-refractivity contribution in [1.82, 2.24) is 0 Å². The van der Waals surface area contributed by atoms with Crippen molar-refractivity contribution in [3.63, 3.8) is 0 Å². The predicted molar refractivity (Wildman–Crippen MR) is 424 cm³/mol. The van der Waals surface area contributed by atoms with Crippen LogP contribution in [0.2, 0.25) is 0 Å². The predicted octanol–water partition coefficient (Wildman–Crippen LogP) is 35.3. The van der Waals surface area contributed by atoms with Gasteiger partial charge >= 0.3 is 83.4 Å². The van der Waals surface area contributed by atoms with Gasteiger partial charge < -0.3 is 9.47 Å². The number of alkyl halides is 30. The molecule has 0 spiro atoms. The summed E-state index contributed by atoms with van der Waals surface area (Å²) in [5.41, 5.74) is 3.14. The van der Waals surface area contributed by atoms with Crippen molar-refractivity contribution in [3.8, 4) is 79.8 Å². The third kappa shape index (κ3) is 21.6. The minimum Gasteiger partial charge on any atom is -0.485 e. The average molecular weight is 1930 g/mol. The van der Waals surface area contributed by atoms with Crippen molar-refractivity contribution in [2.75, 3.05) is 13.2 Å². The van der Waals surface area contributed by atoms with Gasteiger partial charge in [0.05, 0.1) is 9.75 Å². The summed E-state index contributed by atoms with van der Waals surface area (Å²) in [6.45, 7) is 5.16. The second kappa shape index (κ2) is 39.6. The van der Waals surface area contributed by atoms with Gasteiger partial charge in [-0.1, -0.05) is 129 Å². The molecule has 9 aromatic rings. The fourth-order valence-corrected chi connectivity index (χ4v) is 22.4. The van der Waals surface area contributed by atoms with Crippen LogP contribution in [0, 0.1) is 27.7 Å². The number of hydrogen-bond donors (Lipinski definition) is 0. The molecule has 0 amide bonds. The number of aryl methyl sites for hydroxylation is 6. The molecule has 0 atom stereocenters. The normalized spacial score (nSPS) is 13.8. The number of thiophene rings is 9. The summed E-state index contributed by atoms with van der Waals surface area (Å²) in [5.74, 6) is -98.4. The first-order valence-electron chi connectivity index (χ1n) is 37.8. The maximum absolute atomic E-state index is 14.6. The first kappa shape index (κ1) is 101. The van der Waals surface area contributed by atoms with E-state index in [1.54, 1.807) is 11.1 Å². The van der Waals surface area contributed by atoms with Crippen LogP contribution in [-0.2, 0) is 12.8 Å². The number of ether oxygens (including phenoxy) is 2. The molecule has 0 aliphatic rings. The fourth-order valence-electron chi connectivity index (χ4n) is 12.6. The number of unbranched alkanes of at least 4 members (excludes halogenated alkanes) is 18. The summed E-state index contributed by atoms with van der Waals surface area (Å²) in [6.07, 6.45) is 14.8. The molecule has 0 unspecified atom stereocenters. The minimum atomic E-state index is -8.54. The van der Waals surface area contributed by atoms with Gasteiger partial charge in [0, 0.05) is 78.0 Å². The minimum absolute atomic E-state index is 0.00151. The van der Waals surface area contributed by atoms with Gasteiger partial charge in [-0.25, -0.2) is 0 Å². The van der Waals surface area contributed by atoms with Gasteiger partial charge in [-0.15, -0.1) is 102 Å². The molecule has 676 valence electrons. The van der Waals surface area contributed by atoms with Crippen LogP contribution >= 0.6 is 102 Å². The maximum atomic E-state index is 14.6. The highest BCUT2D eigenvalue weighted by molar-refractivity contribution is 7.30. The molecule has 9 rings (SSSR count). The first-order valence-corrected chi connectivity index (χ1v) is 45.1. The van der Waals surface area contributed by atoms with Crippen LogP contribution in [0.3, 0.4) is 0 Å². The highest BCUT2D eigenvalue weighted by Gasteiger charge is 2.95. The molecule has 0 bridgehead atoms. The van der Waals surface area contributed by atoms with Crippen LogP contribution in [0.5, 0.6) is 11.5 Å². The second-order valence-corrected chi connectivity index (χ2v) is 39.4. The summed E-state index contributed by atoms with van der Waals surface area (Å²) in [6, 6.07) is 25.1. The van der Waals surface area contributed by atoms with E-state index in [1.165, 1.54) is 202 Å². The van der Waals surface area contributed by atoms with E-state index in [9.17, 15) is 132 Å². The van der Waals surface area contributed by atoms with Gasteiger partial charge in [0.25, 0.3) is 0 Å². The van der Waals surface area contributed by atoms with E-state index in [2.05, 4.69) is 85.7 Å². The van der Waals surface area contributed by atoms with Crippen LogP contribution in [0.4, 0.5) is 132 Å². The van der Waals surface area contributed by atoms with Crippen LogP contribution in [0.1, 0.15) is 173 Å². The van der Waals surface area contributed by atoms with E-state index >= 15 is 0 Å². The molecule has 9 heterocycles. The van der Waals surface area contributed by atoms with Gasteiger partial charge in [0.1, 0.15) is 11.5 Å². The number of rotatable bonds is 45. The van der Waals surface area contributed by atoms with Gasteiger partial charge in [0.2, 0.25) is 0 Å². The topological polar surface area (TPSA) is 18.5 Å². The zero-order valence-electron chi connectivity index (χ0n) is 64.9. The summed E-state index contributed by atoms with van der Waals surface area (Å²) < 4.78 is 418. The molecule has 0 saturated carbocycles. The maximum Gasteiger partial charge on any atom is 0.460 e. The molecule has 0 radical (unpaired) electrons. The van der Waals surface area contributed by atoms with E-state index in [1.807, 2.05) is 56.7 Å². The van der Waals surface area contributed by atoms with Gasteiger partial charge in [0.15, 0.2) is 13.2 Å². The second-order valence-electron chi connectivity index (χ2n) is 28.9. The van der Waals surface area contributed by atoms with Crippen molar-refractivity contribution in [1.29, 1.82) is 0 Å². The number of hydrogen-bond acceptors (Lipinski definition) is 11. The Labute approximate surface area is 713 Å². The van der Waals surface area contributed by atoms with Crippen molar-refractivity contribution >= 4 is 102 Å². The average Bonchev–Trinajstić information content (AvgIpc) is 1.61. The van der Waals surface area contributed by atoms with E-state index < -0.39 is 108 Å². The Kier molecular flexibility index (Phi) is 33.1. The highest BCUT2D eigenvalue weighted by atomic mass is 32.1. The van der Waals surface area contributed by atoms with E-state index in [4.69, 9.17) is 0 Å². The van der Waals surface area contributed by atoms with Crippen LogP contribution in [0.15, 0.2) is 84.9 Å². The molecule has 0 aliphatic heterocycles. The molecular weight excluding hydrogens is 1850 g/mol. The molecule has 0 fully saturated rings. The van der Waals surface area contributed by atoms with E-state index in [0.29, 0.717) is 45.3 Å². The molecule has 0 aliphatic carbocycles. The van der Waals surface area contributed by atoms with Gasteiger partial charge in [-0.3, -0.25) is 0 Å². The SMILES string of the molecule is CCCCCCCCCCCCc1cc(C)sc1-c1ccc(-c2ccc(-c3ccc(-c4sc(C)cc4CCCCCCCCCCCC)s3)s2)s1.Cc1cc(OCC(F)(F)C(F)(F)C(F)(F)C(F)(F)C(F)(F)C(F)(F)C(F)(F)F)c(-c2ccc(-c3ccc(-c4sc(C)cc4OCC(F)(F)C(F)(F)C(F)(F)C(F)(F)C(F)(F)C(F)(F)C(F)(F)F)s3)s2)s1. The third-order valence-corrected chi connectivity index (χ3v) is 30.3. The Morgan fingerprint density at radius 1 is 0.223 bits per heavy atom. The zero-order valence-corrected chi connectivity index (χ0v) is 72.2. The third-order valence-electron chi connectivity index (χ3n) is 19.4. The Balaban J connectivity index is 0.000000315. The summed E-state index contributed by atoms with van der Waals surface area (Å²) >= 11 is 12.2. The molecule has 0 saturated heterocycles. The van der Waals surface area contributed by atoms with Crippen molar-refractivity contribution in [3.05, 3.63) is 116 Å². The lowest BCUT2D eigenvalue weighted by molar-refractivity contribution is -0.453. The van der Waals surface area contributed by atoms with Gasteiger partial charge in [-0.05, 0) is 149 Å². The lowest BCUT2D eigenvalue weighted by Crippen LogP contribution is -2.73. The van der Waals surface area contributed by atoms with Gasteiger partial charge in [-0.2, -0.15) is 132 Å². The lowest BCUT2D eigenvalue weighted by Gasteiger charge is -2.41. The van der Waals surface area contributed by atoms with Crippen LogP contribution < -0.4 is 9.47 Å². The fraction of sp³-hybridized carbons (Fsp3) is 0.550. The summed E-state index contributed by atoms with van der Waals surface area (Å²) in [7, 11) is 0. The van der Waals surface area contributed by atoms with E-state index in [-0.39, 0.29) is 39.0 Å². The monoisotopic (exact) mass is 1930 g/mol. The molecule has 41 heteroatoms. The number of halogens is 30. The zero-order chi connectivity index (χ0) is 90.3. The lowest BCUT2D eigenvalue weighted by atomic mass is 9.91. The summed E-state index contributed by atoms with van der Waals surface area (Å²) in [4.78, 5) is 13.5. The molecule has 2 nitrogen and oxygen atoms in total. The van der Waals surface area contributed by atoms with Crippen LogP contribution in [-0.4, -0.2) is 96.6 Å². The standard InChI is InChI=1S/C46H64S5.C34H16F30O2S4/c1-5-7-9-11-13-15-17-19-21-23-25-37-33-35(3)47-45(37)43-31-29-41(50-43)39-27-28-40(49-39)42-30-32-44(51-42)46-38(34-36(4)48-46)26-24-22-20-18-16-14-12-10-8-6-2;1-11-7-13(65-9-21(35,36)23(39,40)25(43,44)27(47,48)29(51,52)31(55,56)33(59,60)61)19(67-11)17-5-3-15(69-17)16-4-6-18(70-16)20-14(8-12(2)68-20)66-10-22(37,38)24(41,42)26(45,46)28(49,50)30(53,54)32(57,58)34(62,63)64/h27-34H,5-26H2,1-4H3;3-8H,9-10H2,1-2H3. The Morgan fingerprint density at radius 2 is 0.421 bits per heavy atom. The molecule has 0 N–H and O–H groups in total. The quantitative estimate of drug-likeness (QED) is 0.0280. The molecular formula is C80H80F30O2S9. The van der Waals surface area contributed by atoms with Crippen LogP contribution in [0.25, 0.3) is 68.3 Å². The Bertz CT molecular complexity index is 4490. The summed E-state index contributed by atoms with van der Waals surface area (Å²) in [5, 5.41) is 0. The Hall–Kier alpha value is -5.20. The highest BCUT2D eigenvalue weighted by Crippen LogP contribution is 2.65. The van der Waals surface area contributed by atoms with E-state index in [0.717, 1.165) is 38.1 Å². The Morgan fingerprint density at radius 3 is 0.678 bits per heavy atom. The van der Waals surface area contributed by atoms with Crippen molar-refractivity contribution < 1.29 is 141 Å². The molecule has 9 aromatic heterocycles. The molecule has 121 heavy (non-hydrogen) atoms. The first-order chi connectivity index (χ1) is 55.9. The molecule has 0 aromatic carbocycles. The van der Waals surface area contributed by atoms with Crippen molar-refractivity contribution in [2.45, 2.75) is 266 Å².